The van der Waals surface area contributed by atoms with E-state index in [4.69, 9.17) is 0 Å². The molecule has 2 unspecified atom stereocenters. The third kappa shape index (κ3) is 2.31. The highest BCUT2D eigenvalue weighted by atomic mass is 16.6. The van der Waals surface area contributed by atoms with Gasteiger partial charge in [0.1, 0.15) is 17.2 Å². The summed E-state index contributed by atoms with van der Waals surface area (Å²) in [5.74, 6) is 1.21. The van der Waals surface area contributed by atoms with Crippen LogP contribution in [0.2, 0.25) is 0 Å². The number of carbonyl (C=O) groups excluding carboxylic acids is 1. The molecule has 16 heavy (non-hydrogen) atoms. The summed E-state index contributed by atoms with van der Waals surface area (Å²) in [6.07, 6.45) is 4.65. The Morgan fingerprint density at radius 3 is 2.88 bits per heavy atom. The molecular weight excluding hydrogens is 204 g/mol. The summed E-state index contributed by atoms with van der Waals surface area (Å²) in [4.78, 5) is 11.8. The summed E-state index contributed by atoms with van der Waals surface area (Å²) in [5, 5.41) is 7.61. The lowest BCUT2D eigenvalue weighted by Crippen LogP contribution is -2.26. The molecule has 4 heteroatoms. The molecule has 1 fully saturated rings. The number of hydrogen-bond donors (Lipinski definition) is 0. The summed E-state index contributed by atoms with van der Waals surface area (Å²) in [6, 6.07) is 0. The number of aryl methyl sites for hydroxylation is 1. The van der Waals surface area contributed by atoms with E-state index in [9.17, 15) is 4.79 Å². The van der Waals surface area contributed by atoms with Gasteiger partial charge in [0.2, 0.25) is 0 Å². The minimum atomic E-state index is 0.129. The minimum Gasteiger partial charge on any atom is -0.299 e. The van der Waals surface area contributed by atoms with Gasteiger partial charge in [-0.3, -0.25) is 4.79 Å². The van der Waals surface area contributed by atoms with Crippen molar-refractivity contribution in [2.75, 3.05) is 0 Å². The number of aromatic nitrogens is 2. The summed E-state index contributed by atoms with van der Waals surface area (Å²) in [6.45, 7) is 4.07. The lowest BCUT2D eigenvalue weighted by atomic mass is 9.77. The van der Waals surface area contributed by atoms with Crippen LogP contribution >= 0.6 is 0 Å². The Morgan fingerprint density at radius 1 is 1.44 bits per heavy atom. The first kappa shape index (κ1) is 11.3. The van der Waals surface area contributed by atoms with Gasteiger partial charge in [-0.2, -0.15) is 0 Å². The second kappa shape index (κ2) is 4.76. The topological polar surface area (TPSA) is 56.0 Å². The first-order valence-corrected chi connectivity index (χ1v) is 6.01. The van der Waals surface area contributed by atoms with Gasteiger partial charge in [-0.25, -0.2) is 4.63 Å². The SMILES string of the molecule is CCC1CCC(=O)C(Cc2nonc2C)C1. The van der Waals surface area contributed by atoms with Gasteiger partial charge in [-0.15, -0.1) is 0 Å². The van der Waals surface area contributed by atoms with Crippen molar-refractivity contribution >= 4 is 5.78 Å². The van der Waals surface area contributed by atoms with E-state index in [1.807, 2.05) is 6.92 Å². The zero-order valence-corrected chi connectivity index (χ0v) is 9.90. The smallest absolute Gasteiger partial charge is 0.136 e. The van der Waals surface area contributed by atoms with E-state index in [0.29, 0.717) is 18.1 Å². The fraction of sp³-hybridized carbons (Fsp3) is 0.750. The zero-order chi connectivity index (χ0) is 11.5. The van der Waals surface area contributed by atoms with Crippen LogP contribution in [0.15, 0.2) is 4.63 Å². The molecule has 0 amide bonds. The number of carbonyl (C=O) groups is 1. The molecule has 1 aliphatic rings. The van der Waals surface area contributed by atoms with E-state index in [-0.39, 0.29) is 5.92 Å². The van der Waals surface area contributed by atoms with Crippen molar-refractivity contribution in [2.24, 2.45) is 11.8 Å². The zero-order valence-electron chi connectivity index (χ0n) is 9.90. The number of nitrogens with zero attached hydrogens (tertiary/aromatic N) is 2. The molecule has 1 aliphatic carbocycles. The molecule has 0 radical (unpaired) electrons. The van der Waals surface area contributed by atoms with Crippen molar-refractivity contribution in [3.63, 3.8) is 0 Å². The van der Waals surface area contributed by atoms with Crippen LogP contribution in [0.1, 0.15) is 44.0 Å². The maximum atomic E-state index is 11.8. The van der Waals surface area contributed by atoms with Crippen LogP contribution in [0.25, 0.3) is 0 Å². The highest BCUT2D eigenvalue weighted by Gasteiger charge is 2.29. The number of hydrogen-bond acceptors (Lipinski definition) is 4. The molecule has 1 aromatic rings. The molecule has 0 N–H and O–H groups in total. The summed E-state index contributed by atoms with van der Waals surface area (Å²) in [5.41, 5.74) is 1.65. The molecule has 4 nitrogen and oxygen atoms in total. The van der Waals surface area contributed by atoms with Crippen LogP contribution in [-0.4, -0.2) is 16.1 Å². The molecule has 2 atom stereocenters. The molecule has 88 valence electrons. The van der Waals surface area contributed by atoms with Crippen molar-refractivity contribution in [3.8, 4) is 0 Å². The fourth-order valence-electron chi connectivity index (χ4n) is 2.44. The van der Waals surface area contributed by atoms with Crippen molar-refractivity contribution in [2.45, 2.75) is 46.0 Å². The van der Waals surface area contributed by atoms with Crippen LogP contribution in [0.4, 0.5) is 0 Å². The Hall–Kier alpha value is -1.19. The van der Waals surface area contributed by atoms with Gasteiger partial charge in [0.05, 0.1) is 0 Å². The Kier molecular flexibility index (Phi) is 3.36. The molecule has 0 saturated heterocycles. The molecule has 0 bridgehead atoms. The second-order valence-electron chi connectivity index (χ2n) is 4.71. The normalized spacial score (nSPS) is 26.0. The number of rotatable bonds is 3. The molecular formula is C12H18N2O2. The first-order chi connectivity index (χ1) is 7.70. The molecule has 0 spiro atoms. The van der Waals surface area contributed by atoms with E-state index >= 15 is 0 Å². The quantitative estimate of drug-likeness (QED) is 0.787. The molecule has 0 aromatic carbocycles. The van der Waals surface area contributed by atoms with E-state index in [0.717, 1.165) is 30.7 Å². The third-order valence-corrected chi connectivity index (χ3v) is 3.64. The Balaban J connectivity index is 2.02. The average molecular weight is 222 g/mol. The van der Waals surface area contributed by atoms with Gasteiger partial charge in [0, 0.05) is 18.8 Å². The highest BCUT2D eigenvalue weighted by molar-refractivity contribution is 5.82. The molecule has 1 aromatic heterocycles. The Labute approximate surface area is 95.4 Å². The average Bonchev–Trinajstić information content (AvgIpc) is 2.68. The first-order valence-electron chi connectivity index (χ1n) is 6.01. The van der Waals surface area contributed by atoms with Crippen LogP contribution in [0, 0.1) is 18.8 Å². The second-order valence-corrected chi connectivity index (χ2v) is 4.71. The van der Waals surface area contributed by atoms with Crippen molar-refractivity contribution in [3.05, 3.63) is 11.4 Å². The van der Waals surface area contributed by atoms with Gasteiger partial charge >= 0.3 is 0 Å². The van der Waals surface area contributed by atoms with E-state index in [2.05, 4.69) is 21.9 Å². The van der Waals surface area contributed by atoms with Crippen LogP contribution in [-0.2, 0) is 11.2 Å². The molecule has 2 rings (SSSR count). The van der Waals surface area contributed by atoms with Gasteiger partial charge < -0.3 is 0 Å². The number of ketones is 1. The van der Waals surface area contributed by atoms with Crippen molar-refractivity contribution in [1.82, 2.24) is 10.3 Å². The molecule has 1 heterocycles. The minimum absolute atomic E-state index is 0.129. The van der Waals surface area contributed by atoms with Gasteiger partial charge in [0.15, 0.2) is 0 Å². The molecule has 0 aliphatic heterocycles. The van der Waals surface area contributed by atoms with Crippen molar-refractivity contribution in [1.29, 1.82) is 0 Å². The van der Waals surface area contributed by atoms with Gasteiger partial charge in [0.25, 0.3) is 0 Å². The number of Topliss-reactive ketones (excluding diaryl/α,β-unsaturated/α-hetero) is 1. The predicted molar refractivity (Wildman–Crippen MR) is 58.9 cm³/mol. The largest absolute Gasteiger partial charge is 0.299 e. The predicted octanol–water partition coefficient (Wildman–Crippen LogP) is 2.32. The summed E-state index contributed by atoms with van der Waals surface area (Å²) >= 11 is 0. The maximum absolute atomic E-state index is 11.8. The lowest BCUT2D eigenvalue weighted by Gasteiger charge is -2.26. The van der Waals surface area contributed by atoms with Crippen molar-refractivity contribution < 1.29 is 9.42 Å². The summed E-state index contributed by atoms with van der Waals surface area (Å²) in [7, 11) is 0. The van der Waals surface area contributed by atoms with Crippen LogP contribution < -0.4 is 0 Å². The third-order valence-electron chi connectivity index (χ3n) is 3.64. The van der Waals surface area contributed by atoms with E-state index < -0.39 is 0 Å². The van der Waals surface area contributed by atoms with Gasteiger partial charge in [-0.1, -0.05) is 23.7 Å². The maximum Gasteiger partial charge on any atom is 0.136 e. The van der Waals surface area contributed by atoms with Crippen LogP contribution in [0.3, 0.4) is 0 Å². The van der Waals surface area contributed by atoms with Gasteiger partial charge in [-0.05, 0) is 25.7 Å². The standard InChI is InChI=1S/C12H18N2O2/c1-3-9-4-5-12(15)10(6-9)7-11-8(2)13-16-14-11/h9-10H,3-7H2,1-2H3. The Morgan fingerprint density at radius 2 is 2.25 bits per heavy atom. The Bertz CT molecular complexity index is 373. The monoisotopic (exact) mass is 222 g/mol. The van der Waals surface area contributed by atoms with E-state index in [1.165, 1.54) is 6.42 Å². The lowest BCUT2D eigenvalue weighted by molar-refractivity contribution is -0.125. The summed E-state index contributed by atoms with van der Waals surface area (Å²) < 4.78 is 4.66. The van der Waals surface area contributed by atoms with E-state index in [1.54, 1.807) is 0 Å². The molecule has 1 saturated carbocycles. The fourth-order valence-corrected chi connectivity index (χ4v) is 2.44. The van der Waals surface area contributed by atoms with Crippen LogP contribution in [0.5, 0.6) is 0 Å². The highest BCUT2D eigenvalue weighted by Crippen LogP contribution is 2.30.